The summed E-state index contributed by atoms with van der Waals surface area (Å²) in [4.78, 5) is 24.9. The third-order valence-electron chi connectivity index (χ3n) is 4.49. The summed E-state index contributed by atoms with van der Waals surface area (Å²) in [7, 11) is 0. The van der Waals surface area contributed by atoms with Crippen molar-refractivity contribution in [3.63, 3.8) is 0 Å². The molecule has 2 amide bonds. The third-order valence-corrected chi connectivity index (χ3v) is 5.05. The first-order valence-corrected chi connectivity index (χ1v) is 9.03. The quantitative estimate of drug-likeness (QED) is 0.670. The number of carboxylic acids is 1. The van der Waals surface area contributed by atoms with Crippen LogP contribution in [0.25, 0.3) is 0 Å². The molecule has 0 radical (unpaired) electrons. The van der Waals surface area contributed by atoms with Gasteiger partial charge in [0.2, 0.25) is 0 Å². The molecule has 0 aliphatic heterocycles. The van der Waals surface area contributed by atoms with Gasteiger partial charge in [0, 0.05) is 22.1 Å². The molecule has 0 spiro atoms. The first-order valence-electron chi connectivity index (χ1n) is 8.28. The lowest BCUT2D eigenvalue weighted by atomic mass is 9.85. The maximum atomic E-state index is 12.1. The van der Waals surface area contributed by atoms with E-state index >= 15 is 0 Å². The molecule has 0 unspecified atom stereocenters. The lowest BCUT2D eigenvalue weighted by molar-refractivity contribution is -0.139. The zero-order valence-electron chi connectivity index (χ0n) is 14.3. The van der Waals surface area contributed by atoms with Crippen molar-refractivity contribution in [2.75, 3.05) is 13.1 Å². The van der Waals surface area contributed by atoms with E-state index in [-0.39, 0.29) is 30.7 Å². The molecule has 1 aromatic rings. The fourth-order valence-electron chi connectivity index (χ4n) is 3.03. The molecule has 138 valence electrons. The fraction of sp³-hybridized carbons (Fsp3) is 0.529. The number of rotatable bonds is 7. The van der Waals surface area contributed by atoms with E-state index in [1.165, 1.54) is 0 Å². The van der Waals surface area contributed by atoms with E-state index in [9.17, 15) is 9.59 Å². The molecule has 2 rings (SSSR count). The van der Waals surface area contributed by atoms with Crippen LogP contribution in [-0.2, 0) is 4.79 Å². The number of aliphatic carboxylic acids is 1. The Kier molecular flexibility index (Phi) is 6.93. The van der Waals surface area contributed by atoms with E-state index in [0.29, 0.717) is 16.6 Å². The van der Waals surface area contributed by atoms with E-state index in [2.05, 4.69) is 10.6 Å². The summed E-state index contributed by atoms with van der Waals surface area (Å²) in [6, 6.07) is 4.92. The minimum absolute atomic E-state index is 0.0339. The van der Waals surface area contributed by atoms with Crippen molar-refractivity contribution in [1.82, 2.24) is 15.5 Å². The molecule has 3 N–H and O–H groups in total. The largest absolute Gasteiger partial charge is 0.480 e. The minimum Gasteiger partial charge on any atom is -0.480 e. The second-order valence-electron chi connectivity index (χ2n) is 6.28. The minimum atomic E-state index is -0.829. The van der Waals surface area contributed by atoms with Crippen LogP contribution in [-0.4, -0.2) is 47.2 Å². The van der Waals surface area contributed by atoms with Gasteiger partial charge in [0.05, 0.1) is 12.6 Å². The summed E-state index contributed by atoms with van der Waals surface area (Å²) in [6.07, 6.45) is 1.51. The van der Waals surface area contributed by atoms with Crippen molar-refractivity contribution in [2.45, 2.75) is 44.8 Å². The van der Waals surface area contributed by atoms with Crippen LogP contribution >= 0.6 is 23.2 Å². The number of hydrogen-bond donors (Lipinski definition) is 3. The first-order chi connectivity index (χ1) is 11.8. The Bertz CT molecular complexity index is 636. The van der Waals surface area contributed by atoms with E-state index in [1.54, 1.807) is 18.2 Å². The van der Waals surface area contributed by atoms with Gasteiger partial charge in [-0.15, -0.1) is 0 Å². The van der Waals surface area contributed by atoms with Crippen molar-refractivity contribution >= 4 is 35.2 Å². The monoisotopic (exact) mass is 387 g/mol. The van der Waals surface area contributed by atoms with Crippen molar-refractivity contribution in [2.24, 2.45) is 0 Å². The summed E-state index contributed by atoms with van der Waals surface area (Å²) >= 11 is 12.0. The van der Waals surface area contributed by atoms with Crippen molar-refractivity contribution in [3.8, 4) is 0 Å². The van der Waals surface area contributed by atoms with Crippen molar-refractivity contribution in [3.05, 3.63) is 33.8 Å². The Labute approximate surface area is 157 Å². The van der Waals surface area contributed by atoms with Gasteiger partial charge in [-0.2, -0.15) is 0 Å². The predicted molar refractivity (Wildman–Crippen MR) is 98.2 cm³/mol. The number of nitrogens with one attached hydrogen (secondary N) is 2. The third kappa shape index (κ3) is 5.49. The zero-order valence-corrected chi connectivity index (χ0v) is 15.8. The molecule has 0 aromatic heterocycles. The van der Waals surface area contributed by atoms with Gasteiger partial charge in [0.1, 0.15) is 0 Å². The van der Waals surface area contributed by atoms with Crippen LogP contribution in [0.3, 0.4) is 0 Å². The number of carbonyl (C=O) groups excluding carboxylic acids is 1. The van der Waals surface area contributed by atoms with Crippen LogP contribution in [0.5, 0.6) is 0 Å². The molecule has 1 saturated carbocycles. The van der Waals surface area contributed by atoms with Crippen LogP contribution in [0, 0.1) is 0 Å². The fourth-order valence-corrected chi connectivity index (χ4v) is 3.60. The Balaban J connectivity index is 1.79. The summed E-state index contributed by atoms with van der Waals surface area (Å²) in [5.74, 6) is -0.829. The Morgan fingerprint density at radius 2 is 2.04 bits per heavy atom. The van der Waals surface area contributed by atoms with E-state index in [1.807, 2.05) is 18.7 Å². The van der Waals surface area contributed by atoms with Crippen LogP contribution in [0.4, 0.5) is 4.79 Å². The smallest absolute Gasteiger partial charge is 0.317 e. The number of benzene rings is 1. The molecule has 1 aliphatic rings. The number of hydrogen-bond acceptors (Lipinski definition) is 3. The summed E-state index contributed by atoms with van der Waals surface area (Å²) < 4.78 is 0. The highest BCUT2D eigenvalue weighted by Crippen LogP contribution is 2.27. The van der Waals surface area contributed by atoms with Crippen LogP contribution in [0.15, 0.2) is 18.2 Å². The molecular weight excluding hydrogens is 365 g/mol. The Morgan fingerprint density at radius 3 is 2.60 bits per heavy atom. The molecule has 1 atom stereocenters. The SMILES string of the molecule is CCN(CC(=O)O)C1CC(NC(=O)N[C@H](C)c2ccc(Cl)cc2Cl)C1. The van der Waals surface area contributed by atoms with Gasteiger partial charge >= 0.3 is 12.0 Å². The van der Waals surface area contributed by atoms with Crippen LogP contribution in [0.2, 0.25) is 10.0 Å². The van der Waals surface area contributed by atoms with Gasteiger partial charge < -0.3 is 15.7 Å². The lowest BCUT2D eigenvalue weighted by Gasteiger charge is -2.42. The molecule has 1 aliphatic carbocycles. The maximum Gasteiger partial charge on any atom is 0.317 e. The second kappa shape index (κ2) is 8.74. The Hall–Kier alpha value is -1.50. The number of likely N-dealkylation sites (N-methyl/N-ethyl adjacent to an activating group) is 1. The normalized spacial score (nSPS) is 20.7. The number of carbonyl (C=O) groups is 2. The highest BCUT2D eigenvalue weighted by atomic mass is 35.5. The Morgan fingerprint density at radius 1 is 1.36 bits per heavy atom. The lowest BCUT2D eigenvalue weighted by Crippen LogP contribution is -2.56. The number of urea groups is 1. The topological polar surface area (TPSA) is 81.7 Å². The summed E-state index contributed by atoms with van der Waals surface area (Å²) in [5, 5.41) is 15.7. The van der Waals surface area contributed by atoms with E-state index in [4.69, 9.17) is 28.3 Å². The number of carboxylic acid groups (broad SMARTS) is 1. The molecule has 0 bridgehead atoms. The highest BCUT2D eigenvalue weighted by molar-refractivity contribution is 6.35. The summed E-state index contributed by atoms with van der Waals surface area (Å²) in [6.45, 7) is 4.51. The average Bonchev–Trinajstić information content (AvgIpc) is 2.48. The van der Waals surface area contributed by atoms with Gasteiger partial charge in [0.15, 0.2) is 0 Å². The molecule has 6 nitrogen and oxygen atoms in total. The number of halogens is 2. The van der Waals surface area contributed by atoms with Gasteiger partial charge in [-0.05, 0) is 44.0 Å². The average molecular weight is 388 g/mol. The van der Waals surface area contributed by atoms with Crippen LogP contribution < -0.4 is 10.6 Å². The second-order valence-corrected chi connectivity index (χ2v) is 7.13. The van der Waals surface area contributed by atoms with Crippen molar-refractivity contribution in [1.29, 1.82) is 0 Å². The summed E-state index contributed by atoms with van der Waals surface area (Å²) in [5.41, 5.74) is 0.798. The molecule has 0 heterocycles. The molecule has 1 aromatic carbocycles. The first kappa shape index (κ1) is 19.8. The van der Waals surface area contributed by atoms with Gasteiger partial charge in [-0.25, -0.2) is 4.79 Å². The van der Waals surface area contributed by atoms with Crippen molar-refractivity contribution < 1.29 is 14.7 Å². The molecule has 1 fully saturated rings. The number of nitrogens with zero attached hydrogens (tertiary/aromatic N) is 1. The standard InChI is InChI=1S/C17H23Cl2N3O3/c1-3-22(9-16(23)24)13-7-12(8-13)21-17(25)20-10(2)14-5-4-11(18)6-15(14)19/h4-6,10,12-13H,3,7-9H2,1-2H3,(H,23,24)(H2,20,21,25)/t10-,12?,13?/m1/s1. The van der Waals surface area contributed by atoms with Crippen LogP contribution in [0.1, 0.15) is 38.3 Å². The van der Waals surface area contributed by atoms with E-state index in [0.717, 1.165) is 18.4 Å². The molecule has 0 saturated heterocycles. The van der Waals surface area contributed by atoms with Gasteiger partial charge in [0.25, 0.3) is 0 Å². The van der Waals surface area contributed by atoms with E-state index < -0.39 is 5.97 Å². The zero-order chi connectivity index (χ0) is 18.6. The highest BCUT2D eigenvalue weighted by Gasteiger charge is 2.34. The van der Waals surface area contributed by atoms with Gasteiger partial charge in [-0.3, -0.25) is 9.69 Å². The van der Waals surface area contributed by atoms with Gasteiger partial charge in [-0.1, -0.05) is 36.2 Å². The number of amides is 2. The molecule has 8 heteroatoms. The predicted octanol–water partition coefficient (Wildman–Crippen LogP) is 3.29. The molecular formula is C17H23Cl2N3O3. The maximum absolute atomic E-state index is 12.1. The molecule has 25 heavy (non-hydrogen) atoms.